The highest BCUT2D eigenvalue weighted by molar-refractivity contribution is 5.79. The van der Waals surface area contributed by atoms with Gasteiger partial charge in [0.15, 0.2) is 0 Å². The molecule has 2 aromatic rings. The van der Waals surface area contributed by atoms with Crippen LogP contribution in [0.4, 0.5) is 11.4 Å². The summed E-state index contributed by atoms with van der Waals surface area (Å²) in [7, 11) is 0. The Kier molecular flexibility index (Phi) is 6.28. The predicted molar refractivity (Wildman–Crippen MR) is 115 cm³/mol. The maximum absolute atomic E-state index is 13.0. The molecule has 0 aliphatic carbocycles. The van der Waals surface area contributed by atoms with Crippen LogP contribution in [0.3, 0.4) is 0 Å². The van der Waals surface area contributed by atoms with Crippen LogP contribution >= 0.6 is 0 Å². The third kappa shape index (κ3) is 4.62. The van der Waals surface area contributed by atoms with E-state index in [0.29, 0.717) is 18.8 Å². The van der Waals surface area contributed by atoms with Crippen molar-refractivity contribution in [1.29, 1.82) is 0 Å². The highest BCUT2D eigenvalue weighted by Gasteiger charge is 2.32. The van der Waals surface area contributed by atoms with Crippen molar-refractivity contribution in [2.75, 3.05) is 44.2 Å². The Hall–Kier alpha value is -2.93. The molecule has 2 aliphatic rings. The first-order valence-electron chi connectivity index (χ1n) is 10.8. The smallest absolute Gasteiger partial charge is 0.292 e. The quantitative estimate of drug-likeness (QED) is 0.603. The lowest BCUT2D eigenvalue weighted by Gasteiger charge is -2.37. The Bertz CT molecular complexity index is 873. The van der Waals surface area contributed by atoms with Crippen LogP contribution in [-0.2, 0) is 11.3 Å². The van der Waals surface area contributed by atoms with E-state index >= 15 is 0 Å². The molecule has 0 unspecified atom stereocenters. The van der Waals surface area contributed by atoms with Gasteiger partial charge < -0.3 is 14.7 Å². The van der Waals surface area contributed by atoms with Crippen molar-refractivity contribution < 1.29 is 14.6 Å². The number of rotatable bonds is 5. The average molecular weight is 410 g/mol. The number of hydrogen-bond acceptors (Lipinski definition) is 4. The molecule has 7 heteroatoms. The van der Waals surface area contributed by atoms with Crippen LogP contribution in [0.5, 0.6) is 0 Å². The van der Waals surface area contributed by atoms with E-state index < -0.39 is 0 Å². The Balaban J connectivity index is 1.28. The minimum Gasteiger partial charge on any atom is -0.366 e. The maximum Gasteiger partial charge on any atom is 0.292 e. The first-order chi connectivity index (χ1) is 14.6. The van der Waals surface area contributed by atoms with Gasteiger partial charge in [0.25, 0.3) is 5.69 Å². The van der Waals surface area contributed by atoms with Gasteiger partial charge in [0.2, 0.25) is 5.91 Å². The molecule has 0 aromatic heterocycles. The summed E-state index contributed by atoms with van der Waals surface area (Å²) < 4.78 is 0. The van der Waals surface area contributed by atoms with Crippen molar-refractivity contribution in [2.24, 2.45) is 5.92 Å². The molecule has 158 valence electrons. The number of anilines is 1. The second-order valence-electron chi connectivity index (χ2n) is 8.24. The number of nitro groups is 1. The number of para-hydroxylation sites is 2. The van der Waals surface area contributed by atoms with Gasteiger partial charge in [0.05, 0.1) is 31.1 Å². The van der Waals surface area contributed by atoms with Gasteiger partial charge in [-0.15, -0.1) is 0 Å². The number of nitrogens with one attached hydrogen (secondary N) is 1. The van der Waals surface area contributed by atoms with Crippen LogP contribution < -0.4 is 9.80 Å². The van der Waals surface area contributed by atoms with Crippen molar-refractivity contribution in [3.63, 3.8) is 0 Å². The zero-order chi connectivity index (χ0) is 20.9. The molecule has 0 saturated carbocycles. The van der Waals surface area contributed by atoms with Gasteiger partial charge in [-0.05, 0) is 18.9 Å². The van der Waals surface area contributed by atoms with Crippen molar-refractivity contribution in [2.45, 2.75) is 19.4 Å². The summed E-state index contributed by atoms with van der Waals surface area (Å²) in [5, 5.41) is 11.3. The summed E-state index contributed by atoms with van der Waals surface area (Å²) in [5.41, 5.74) is 2.14. The number of carbonyl (C=O) groups is 1. The number of quaternary nitrogens is 1. The van der Waals surface area contributed by atoms with E-state index in [1.54, 1.807) is 18.2 Å². The van der Waals surface area contributed by atoms with Crippen molar-refractivity contribution in [3.05, 3.63) is 70.3 Å². The molecule has 2 aromatic carbocycles. The van der Waals surface area contributed by atoms with Crippen LogP contribution in [0.15, 0.2) is 54.6 Å². The van der Waals surface area contributed by atoms with Crippen molar-refractivity contribution >= 4 is 17.3 Å². The summed E-state index contributed by atoms with van der Waals surface area (Å²) in [4.78, 5) is 29.6. The zero-order valence-corrected chi connectivity index (χ0v) is 17.2. The lowest BCUT2D eigenvalue weighted by atomic mass is 9.94. The van der Waals surface area contributed by atoms with Gasteiger partial charge in [-0.25, -0.2) is 0 Å². The highest BCUT2D eigenvalue weighted by Crippen LogP contribution is 2.31. The summed E-state index contributed by atoms with van der Waals surface area (Å²) in [6.07, 6.45) is 1.50. The Morgan fingerprint density at radius 2 is 1.60 bits per heavy atom. The number of piperidine rings is 1. The van der Waals surface area contributed by atoms with E-state index in [2.05, 4.69) is 24.3 Å². The molecule has 0 atom stereocenters. The Morgan fingerprint density at radius 3 is 2.27 bits per heavy atom. The fourth-order valence-electron chi connectivity index (χ4n) is 4.62. The van der Waals surface area contributed by atoms with E-state index in [9.17, 15) is 14.9 Å². The summed E-state index contributed by atoms with van der Waals surface area (Å²) in [6, 6.07) is 17.4. The number of nitrogens with zero attached hydrogens (tertiary/aromatic N) is 3. The fraction of sp³-hybridized carbons (Fsp3) is 0.435. The fourth-order valence-corrected chi connectivity index (χ4v) is 4.62. The van der Waals surface area contributed by atoms with Crippen LogP contribution in [-0.4, -0.2) is 55.0 Å². The molecular weight excluding hydrogens is 380 g/mol. The summed E-state index contributed by atoms with van der Waals surface area (Å²) >= 11 is 0. The SMILES string of the molecule is O=C(C1CCN(c2ccccc2[N+](=O)[O-])CC1)N1CC[NH+](Cc2ccccc2)CC1. The second kappa shape index (κ2) is 9.26. The molecule has 4 rings (SSSR count). The number of nitro benzene ring substituents is 1. The molecule has 0 spiro atoms. The van der Waals surface area contributed by atoms with E-state index in [1.165, 1.54) is 10.5 Å². The lowest BCUT2D eigenvalue weighted by Crippen LogP contribution is -3.13. The third-order valence-corrected chi connectivity index (χ3v) is 6.34. The molecule has 2 fully saturated rings. The number of amides is 1. The minimum atomic E-state index is -0.330. The molecular formula is C23H29N4O3+. The molecule has 1 amide bonds. The molecule has 1 N–H and O–H groups in total. The Morgan fingerprint density at radius 1 is 0.967 bits per heavy atom. The van der Waals surface area contributed by atoms with Gasteiger partial charge in [-0.3, -0.25) is 14.9 Å². The van der Waals surface area contributed by atoms with Gasteiger partial charge in [-0.1, -0.05) is 42.5 Å². The molecule has 7 nitrogen and oxygen atoms in total. The first kappa shape index (κ1) is 20.3. The number of piperazine rings is 1. The van der Waals surface area contributed by atoms with E-state index in [4.69, 9.17) is 0 Å². The topological polar surface area (TPSA) is 71.1 Å². The zero-order valence-electron chi connectivity index (χ0n) is 17.2. The largest absolute Gasteiger partial charge is 0.366 e. The second-order valence-corrected chi connectivity index (χ2v) is 8.24. The van der Waals surface area contributed by atoms with E-state index in [-0.39, 0.29) is 22.4 Å². The van der Waals surface area contributed by atoms with Crippen LogP contribution in [0.1, 0.15) is 18.4 Å². The monoisotopic (exact) mass is 409 g/mol. The normalized spacial score (nSPS) is 18.4. The van der Waals surface area contributed by atoms with Gasteiger partial charge in [0, 0.05) is 30.6 Å². The summed E-state index contributed by atoms with van der Waals surface area (Å²) in [6.45, 7) is 5.96. The van der Waals surface area contributed by atoms with Crippen LogP contribution in [0.25, 0.3) is 0 Å². The van der Waals surface area contributed by atoms with Crippen molar-refractivity contribution in [3.8, 4) is 0 Å². The van der Waals surface area contributed by atoms with Crippen LogP contribution in [0, 0.1) is 16.0 Å². The van der Waals surface area contributed by atoms with E-state index in [0.717, 1.165) is 45.6 Å². The third-order valence-electron chi connectivity index (χ3n) is 6.34. The molecule has 0 radical (unpaired) electrons. The standard InChI is InChI=1S/C23H28N4O3/c28-23(26-16-14-24(15-17-26)18-19-6-2-1-3-7-19)20-10-12-25(13-11-20)21-8-4-5-9-22(21)27(29)30/h1-9,20H,10-18H2/p+1. The van der Waals surface area contributed by atoms with E-state index in [1.807, 2.05) is 21.9 Å². The lowest BCUT2D eigenvalue weighted by molar-refractivity contribution is -0.917. The predicted octanol–water partition coefficient (Wildman–Crippen LogP) is 1.74. The van der Waals surface area contributed by atoms with Gasteiger partial charge >= 0.3 is 0 Å². The number of benzene rings is 2. The van der Waals surface area contributed by atoms with Gasteiger partial charge in [0.1, 0.15) is 12.2 Å². The molecule has 2 saturated heterocycles. The maximum atomic E-state index is 13.0. The molecule has 2 aliphatic heterocycles. The molecule has 2 heterocycles. The minimum absolute atomic E-state index is 0.0275. The first-order valence-corrected chi connectivity index (χ1v) is 10.8. The van der Waals surface area contributed by atoms with Crippen molar-refractivity contribution in [1.82, 2.24) is 4.90 Å². The highest BCUT2D eigenvalue weighted by atomic mass is 16.6. The Labute approximate surface area is 177 Å². The van der Waals surface area contributed by atoms with Crippen LogP contribution in [0.2, 0.25) is 0 Å². The number of carbonyl (C=O) groups excluding carboxylic acids is 1. The average Bonchev–Trinajstić information content (AvgIpc) is 2.80. The molecule has 0 bridgehead atoms. The number of hydrogen-bond donors (Lipinski definition) is 1. The molecule has 30 heavy (non-hydrogen) atoms. The van der Waals surface area contributed by atoms with Gasteiger partial charge in [-0.2, -0.15) is 0 Å². The summed E-state index contributed by atoms with van der Waals surface area (Å²) in [5.74, 6) is 0.288.